The summed E-state index contributed by atoms with van der Waals surface area (Å²) in [7, 11) is 3.08. The second-order valence-electron chi connectivity index (χ2n) is 6.45. The summed E-state index contributed by atoms with van der Waals surface area (Å²) in [6, 6.07) is 0.675. The van der Waals surface area contributed by atoms with Gasteiger partial charge in [-0.05, 0) is 0 Å². The van der Waals surface area contributed by atoms with E-state index in [0.717, 1.165) is 0 Å². The standard InChI is InChI=1S/2C8H15NO3/c2*1-5(2)9-6-4-7(10)12-8(6)11-3/h2*5-6,8-9H,4H2,1-3H3. The van der Waals surface area contributed by atoms with Gasteiger partial charge in [0.1, 0.15) is 0 Å². The lowest BCUT2D eigenvalue weighted by atomic mass is 10.2. The Morgan fingerprint density at radius 2 is 1.17 bits per heavy atom. The van der Waals surface area contributed by atoms with Gasteiger partial charge in [-0.15, -0.1) is 0 Å². The molecule has 0 spiro atoms. The molecule has 0 aromatic carbocycles. The van der Waals surface area contributed by atoms with Crippen molar-refractivity contribution >= 4 is 11.9 Å². The topological polar surface area (TPSA) is 95.1 Å². The molecule has 2 heterocycles. The predicted molar refractivity (Wildman–Crippen MR) is 87.1 cm³/mol. The highest BCUT2D eigenvalue weighted by atomic mass is 16.7. The van der Waals surface area contributed by atoms with Gasteiger partial charge in [0.25, 0.3) is 0 Å². The van der Waals surface area contributed by atoms with Crippen LogP contribution in [0.2, 0.25) is 0 Å². The Hall–Kier alpha value is -1.22. The molecule has 8 heteroatoms. The van der Waals surface area contributed by atoms with E-state index in [1.807, 2.05) is 27.7 Å². The van der Waals surface area contributed by atoms with Crippen LogP contribution in [-0.2, 0) is 28.5 Å². The number of hydrogen-bond acceptors (Lipinski definition) is 8. The van der Waals surface area contributed by atoms with Crippen LogP contribution in [0.1, 0.15) is 40.5 Å². The van der Waals surface area contributed by atoms with Crippen molar-refractivity contribution in [1.82, 2.24) is 10.6 Å². The normalized spacial score (nSPS) is 29.5. The lowest BCUT2D eigenvalue weighted by Crippen LogP contribution is -2.41. The summed E-state index contributed by atoms with van der Waals surface area (Å²) in [5.41, 5.74) is 0. The van der Waals surface area contributed by atoms with Crippen LogP contribution in [0.15, 0.2) is 0 Å². The number of esters is 2. The van der Waals surface area contributed by atoms with Crippen LogP contribution in [0.5, 0.6) is 0 Å². The zero-order chi connectivity index (χ0) is 18.3. The van der Waals surface area contributed by atoms with Crippen LogP contribution < -0.4 is 10.6 Å². The predicted octanol–water partition coefficient (Wildman–Crippen LogP) is 0.545. The van der Waals surface area contributed by atoms with Gasteiger partial charge in [-0.1, -0.05) is 27.7 Å². The summed E-state index contributed by atoms with van der Waals surface area (Å²) in [6.07, 6.45) is -0.0345. The van der Waals surface area contributed by atoms with Gasteiger partial charge in [0.15, 0.2) is 0 Å². The lowest BCUT2D eigenvalue weighted by molar-refractivity contribution is -0.160. The number of nitrogens with one attached hydrogen (secondary N) is 2. The summed E-state index contributed by atoms with van der Waals surface area (Å²) in [6.45, 7) is 8.09. The molecule has 4 unspecified atom stereocenters. The minimum atomic E-state index is -0.417. The molecule has 2 aliphatic rings. The van der Waals surface area contributed by atoms with Gasteiger partial charge < -0.3 is 29.6 Å². The first-order chi connectivity index (χ1) is 11.3. The van der Waals surface area contributed by atoms with Crippen LogP contribution in [-0.4, -0.2) is 62.9 Å². The van der Waals surface area contributed by atoms with Crippen LogP contribution in [0.4, 0.5) is 0 Å². The monoisotopic (exact) mass is 346 g/mol. The molecule has 24 heavy (non-hydrogen) atoms. The Bertz CT molecular complexity index is 377. The molecule has 0 aliphatic carbocycles. The molecule has 0 aromatic heterocycles. The average Bonchev–Trinajstić information content (AvgIpc) is 3.00. The van der Waals surface area contributed by atoms with Crippen LogP contribution in [0, 0.1) is 0 Å². The van der Waals surface area contributed by atoms with E-state index in [9.17, 15) is 9.59 Å². The number of carbonyl (C=O) groups excluding carboxylic acids is 2. The number of methoxy groups -OCH3 is 2. The van der Waals surface area contributed by atoms with E-state index >= 15 is 0 Å². The highest BCUT2D eigenvalue weighted by Gasteiger charge is 2.35. The number of cyclic esters (lactones) is 2. The number of ether oxygens (including phenoxy) is 4. The van der Waals surface area contributed by atoms with E-state index in [2.05, 4.69) is 10.6 Å². The summed E-state index contributed by atoms with van der Waals surface area (Å²) < 4.78 is 19.8. The second kappa shape index (κ2) is 9.93. The third-order valence-electron chi connectivity index (χ3n) is 3.48. The molecule has 2 fully saturated rings. The summed E-state index contributed by atoms with van der Waals surface area (Å²) in [5.74, 6) is -0.389. The molecule has 4 atom stereocenters. The van der Waals surface area contributed by atoms with E-state index in [-0.39, 0.29) is 24.0 Å². The molecular weight excluding hydrogens is 316 g/mol. The molecule has 0 aromatic rings. The van der Waals surface area contributed by atoms with Crippen molar-refractivity contribution in [3.8, 4) is 0 Å². The molecule has 2 N–H and O–H groups in total. The quantitative estimate of drug-likeness (QED) is 0.673. The molecule has 8 nitrogen and oxygen atoms in total. The smallest absolute Gasteiger partial charge is 0.309 e. The molecule has 2 rings (SSSR count). The van der Waals surface area contributed by atoms with Gasteiger partial charge >= 0.3 is 11.9 Å². The highest BCUT2D eigenvalue weighted by Crippen LogP contribution is 2.16. The first-order valence-corrected chi connectivity index (χ1v) is 8.23. The van der Waals surface area contributed by atoms with Crippen LogP contribution in [0.25, 0.3) is 0 Å². The fraction of sp³-hybridized carbons (Fsp3) is 0.875. The largest absolute Gasteiger partial charge is 0.434 e. The lowest BCUT2D eigenvalue weighted by Gasteiger charge is -2.19. The minimum absolute atomic E-state index is 0.00231. The Morgan fingerprint density at radius 1 is 0.833 bits per heavy atom. The van der Waals surface area contributed by atoms with Gasteiger partial charge in [0.2, 0.25) is 12.6 Å². The Labute approximate surface area is 143 Å². The maximum absolute atomic E-state index is 10.9. The van der Waals surface area contributed by atoms with Crippen molar-refractivity contribution in [2.24, 2.45) is 0 Å². The van der Waals surface area contributed by atoms with Crippen molar-refractivity contribution in [3.63, 3.8) is 0 Å². The third kappa shape index (κ3) is 6.72. The molecular formula is C16H30N2O6. The maximum Gasteiger partial charge on any atom is 0.309 e. The molecule has 0 bridgehead atoms. The molecule has 0 radical (unpaired) electrons. The van der Waals surface area contributed by atoms with Crippen LogP contribution >= 0.6 is 0 Å². The Balaban J connectivity index is 0.000000240. The molecule has 2 aliphatic heterocycles. The Morgan fingerprint density at radius 3 is 1.42 bits per heavy atom. The molecule has 0 saturated carbocycles. The minimum Gasteiger partial charge on any atom is -0.434 e. The summed E-state index contributed by atoms with van der Waals surface area (Å²) in [4.78, 5) is 21.7. The SMILES string of the molecule is COC1OC(=O)CC1NC(C)C.COC1OC(=O)CC1NC(C)C. The first kappa shape index (κ1) is 20.8. The van der Waals surface area contributed by atoms with Crippen molar-refractivity contribution < 1.29 is 28.5 Å². The number of hydrogen-bond donors (Lipinski definition) is 2. The molecule has 2 saturated heterocycles. The van der Waals surface area contributed by atoms with Gasteiger partial charge in [0, 0.05) is 26.3 Å². The fourth-order valence-corrected chi connectivity index (χ4v) is 2.63. The van der Waals surface area contributed by atoms with Crippen molar-refractivity contribution in [3.05, 3.63) is 0 Å². The zero-order valence-electron chi connectivity index (χ0n) is 15.3. The van der Waals surface area contributed by atoms with Crippen molar-refractivity contribution in [2.75, 3.05) is 14.2 Å². The highest BCUT2D eigenvalue weighted by molar-refractivity contribution is 5.72. The van der Waals surface area contributed by atoms with Gasteiger partial charge in [0.05, 0.1) is 24.9 Å². The van der Waals surface area contributed by atoms with E-state index in [1.165, 1.54) is 14.2 Å². The van der Waals surface area contributed by atoms with Crippen LogP contribution in [0.3, 0.4) is 0 Å². The first-order valence-electron chi connectivity index (χ1n) is 8.23. The summed E-state index contributed by atoms with van der Waals surface area (Å²) in [5, 5.41) is 6.40. The van der Waals surface area contributed by atoms with Gasteiger partial charge in [-0.3, -0.25) is 9.59 Å². The van der Waals surface area contributed by atoms with Gasteiger partial charge in [-0.25, -0.2) is 0 Å². The number of rotatable bonds is 6. The van der Waals surface area contributed by atoms with Gasteiger partial charge in [-0.2, -0.15) is 0 Å². The average molecular weight is 346 g/mol. The maximum atomic E-state index is 10.9. The van der Waals surface area contributed by atoms with E-state index in [0.29, 0.717) is 24.9 Å². The van der Waals surface area contributed by atoms with Crippen molar-refractivity contribution in [2.45, 2.75) is 77.3 Å². The second-order valence-corrected chi connectivity index (χ2v) is 6.45. The third-order valence-corrected chi connectivity index (χ3v) is 3.48. The van der Waals surface area contributed by atoms with E-state index in [1.54, 1.807) is 0 Å². The van der Waals surface area contributed by atoms with E-state index in [4.69, 9.17) is 18.9 Å². The molecule has 0 amide bonds. The van der Waals surface area contributed by atoms with Crippen molar-refractivity contribution in [1.29, 1.82) is 0 Å². The van der Waals surface area contributed by atoms with E-state index < -0.39 is 12.6 Å². The Kier molecular flexibility index (Phi) is 8.61. The summed E-state index contributed by atoms with van der Waals surface area (Å²) >= 11 is 0. The molecule has 140 valence electrons. The number of carbonyl (C=O) groups is 2. The zero-order valence-corrected chi connectivity index (χ0v) is 15.3. The fourth-order valence-electron chi connectivity index (χ4n) is 2.63.